The van der Waals surface area contributed by atoms with Crippen LogP contribution in [0, 0.1) is 12.8 Å². The summed E-state index contributed by atoms with van der Waals surface area (Å²) in [6.07, 6.45) is 4.93. The third kappa shape index (κ3) is 5.85. The van der Waals surface area contributed by atoms with Gasteiger partial charge in [0.2, 0.25) is 5.91 Å². The summed E-state index contributed by atoms with van der Waals surface area (Å²) < 4.78 is 0. The number of likely N-dealkylation sites (tertiary alicyclic amines) is 2. The van der Waals surface area contributed by atoms with Crippen LogP contribution in [-0.4, -0.2) is 48.4 Å². The van der Waals surface area contributed by atoms with Crippen LogP contribution in [0.5, 0.6) is 0 Å². The summed E-state index contributed by atoms with van der Waals surface area (Å²) >= 11 is 0. The van der Waals surface area contributed by atoms with E-state index in [4.69, 9.17) is 5.73 Å². The van der Waals surface area contributed by atoms with E-state index < -0.39 is 6.04 Å². The van der Waals surface area contributed by atoms with Crippen molar-refractivity contribution in [3.63, 3.8) is 0 Å². The number of hydrogen-bond donors (Lipinski definition) is 1. The smallest absolute Gasteiger partial charge is 0.244 e. The Labute approximate surface area is 163 Å². The number of carbonyl (C=O) groups excluding carboxylic acids is 1. The highest BCUT2D eigenvalue weighted by atomic mass is 35.5. The molecule has 25 heavy (non-hydrogen) atoms. The summed E-state index contributed by atoms with van der Waals surface area (Å²) in [4.78, 5) is 17.2. The van der Waals surface area contributed by atoms with E-state index in [1.54, 1.807) is 0 Å². The van der Waals surface area contributed by atoms with Gasteiger partial charge in [0.05, 0.1) is 0 Å². The zero-order valence-electron chi connectivity index (χ0n) is 15.0. The normalized spacial score (nSPS) is 19.8. The highest BCUT2D eigenvalue weighted by molar-refractivity contribution is 5.85. The molecule has 0 spiro atoms. The van der Waals surface area contributed by atoms with Crippen LogP contribution in [0.3, 0.4) is 0 Å². The quantitative estimate of drug-likeness (QED) is 0.862. The molecule has 0 saturated carbocycles. The molecular formula is C19H31Cl2N3O. The van der Waals surface area contributed by atoms with Crippen LogP contribution < -0.4 is 5.73 Å². The molecule has 3 rings (SSSR count). The number of hydrogen-bond acceptors (Lipinski definition) is 3. The molecule has 4 nitrogen and oxygen atoms in total. The molecule has 0 bridgehead atoms. The summed E-state index contributed by atoms with van der Waals surface area (Å²) in [6, 6.07) is 7.46. The van der Waals surface area contributed by atoms with E-state index in [0.29, 0.717) is 0 Å². The number of nitrogens with zero attached hydrogens (tertiary/aromatic N) is 2. The second kappa shape index (κ2) is 10.4. The van der Waals surface area contributed by atoms with Gasteiger partial charge < -0.3 is 15.5 Å². The Morgan fingerprint density at radius 3 is 2.20 bits per heavy atom. The molecule has 2 saturated heterocycles. The maximum absolute atomic E-state index is 12.6. The molecule has 2 N–H and O–H groups in total. The topological polar surface area (TPSA) is 49.6 Å². The van der Waals surface area contributed by atoms with Gasteiger partial charge in [-0.2, -0.15) is 0 Å². The molecular weight excluding hydrogens is 357 g/mol. The number of nitrogens with two attached hydrogens (primary N) is 1. The average molecular weight is 388 g/mol. The first-order valence-electron chi connectivity index (χ1n) is 8.97. The van der Waals surface area contributed by atoms with Crippen LogP contribution in [0.25, 0.3) is 0 Å². The Balaban J connectivity index is 0.00000156. The number of benzene rings is 1. The van der Waals surface area contributed by atoms with Crippen molar-refractivity contribution < 1.29 is 4.79 Å². The fourth-order valence-electron chi connectivity index (χ4n) is 3.78. The van der Waals surface area contributed by atoms with Crippen molar-refractivity contribution in [3.05, 3.63) is 35.4 Å². The lowest BCUT2D eigenvalue weighted by molar-refractivity contribution is -0.134. The second-order valence-electron chi connectivity index (χ2n) is 7.16. The van der Waals surface area contributed by atoms with Crippen molar-refractivity contribution in [1.82, 2.24) is 9.80 Å². The Bertz CT molecular complexity index is 524. The van der Waals surface area contributed by atoms with E-state index in [1.165, 1.54) is 38.0 Å². The summed E-state index contributed by atoms with van der Waals surface area (Å²) in [7, 11) is 0. The number of aryl methyl sites for hydroxylation is 1. The molecule has 1 aromatic carbocycles. The summed E-state index contributed by atoms with van der Waals surface area (Å²) in [5, 5.41) is 0. The van der Waals surface area contributed by atoms with Gasteiger partial charge in [0, 0.05) is 19.6 Å². The van der Waals surface area contributed by atoms with Crippen LogP contribution >= 0.6 is 24.8 Å². The third-order valence-electron chi connectivity index (χ3n) is 5.34. The van der Waals surface area contributed by atoms with E-state index in [2.05, 4.69) is 4.90 Å². The van der Waals surface area contributed by atoms with E-state index in [9.17, 15) is 4.79 Å². The number of rotatable bonds is 4. The monoisotopic (exact) mass is 387 g/mol. The maximum atomic E-state index is 12.6. The van der Waals surface area contributed by atoms with Gasteiger partial charge >= 0.3 is 0 Å². The van der Waals surface area contributed by atoms with Gasteiger partial charge in [0.25, 0.3) is 0 Å². The van der Waals surface area contributed by atoms with Gasteiger partial charge in [-0.1, -0.05) is 29.8 Å². The van der Waals surface area contributed by atoms with Crippen molar-refractivity contribution in [3.8, 4) is 0 Å². The molecule has 0 aliphatic carbocycles. The van der Waals surface area contributed by atoms with Crippen molar-refractivity contribution in [2.24, 2.45) is 11.7 Å². The lowest BCUT2D eigenvalue weighted by Crippen LogP contribution is -2.44. The first-order valence-corrected chi connectivity index (χ1v) is 8.97. The lowest BCUT2D eigenvalue weighted by Gasteiger charge is -2.35. The van der Waals surface area contributed by atoms with Crippen molar-refractivity contribution >= 4 is 30.7 Å². The summed E-state index contributed by atoms with van der Waals surface area (Å²) in [5.41, 5.74) is 8.29. The summed E-state index contributed by atoms with van der Waals surface area (Å²) in [6.45, 7) is 7.50. The van der Waals surface area contributed by atoms with Crippen molar-refractivity contribution in [2.45, 2.75) is 38.6 Å². The molecule has 1 atom stereocenters. The minimum Gasteiger partial charge on any atom is -0.341 e. The Hall–Kier alpha value is -0.810. The van der Waals surface area contributed by atoms with Gasteiger partial charge in [-0.3, -0.25) is 4.79 Å². The van der Waals surface area contributed by atoms with E-state index in [-0.39, 0.29) is 30.7 Å². The third-order valence-corrected chi connectivity index (χ3v) is 5.34. The van der Waals surface area contributed by atoms with Crippen molar-refractivity contribution in [1.29, 1.82) is 0 Å². The fraction of sp³-hybridized carbons (Fsp3) is 0.632. The highest BCUT2D eigenvalue weighted by Crippen LogP contribution is 2.23. The average Bonchev–Trinajstić information content (AvgIpc) is 3.08. The van der Waals surface area contributed by atoms with E-state index >= 15 is 0 Å². The zero-order chi connectivity index (χ0) is 16.2. The number of carbonyl (C=O) groups is 1. The molecule has 2 aliphatic heterocycles. The zero-order valence-corrected chi connectivity index (χ0v) is 16.7. The van der Waals surface area contributed by atoms with Crippen LogP contribution in [0.2, 0.25) is 0 Å². The first kappa shape index (κ1) is 22.2. The van der Waals surface area contributed by atoms with Crippen LogP contribution in [-0.2, 0) is 4.79 Å². The molecule has 1 aromatic rings. The SMILES string of the molecule is Cc1ccc(C(N)C(=O)N2CCC(CN3CCCC3)CC2)cc1.Cl.Cl. The Morgan fingerprint density at radius 1 is 1.08 bits per heavy atom. The molecule has 6 heteroatoms. The second-order valence-corrected chi connectivity index (χ2v) is 7.16. The number of piperidine rings is 1. The predicted molar refractivity (Wildman–Crippen MR) is 108 cm³/mol. The van der Waals surface area contributed by atoms with Gasteiger partial charge in [0.15, 0.2) is 0 Å². The standard InChI is InChI=1S/C19H29N3O.2ClH/c1-15-4-6-17(7-5-15)18(20)19(23)22-12-8-16(9-13-22)14-21-10-2-3-11-21;;/h4-7,16,18H,2-3,8-14,20H2,1H3;2*1H. The minimum atomic E-state index is -0.522. The number of amides is 1. The van der Waals surface area contributed by atoms with E-state index in [1.807, 2.05) is 36.1 Å². The largest absolute Gasteiger partial charge is 0.341 e. The summed E-state index contributed by atoms with van der Waals surface area (Å²) in [5.74, 6) is 0.821. The minimum absolute atomic E-state index is 0. The molecule has 2 aliphatic rings. The van der Waals surface area contributed by atoms with Crippen LogP contribution in [0.4, 0.5) is 0 Å². The van der Waals surface area contributed by atoms with Crippen molar-refractivity contribution in [2.75, 3.05) is 32.7 Å². The molecule has 142 valence electrons. The van der Waals surface area contributed by atoms with Gasteiger partial charge in [-0.15, -0.1) is 24.8 Å². The molecule has 0 radical (unpaired) electrons. The molecule has 0 aromatic heterocycles. The van der Waals surface area contributed by atoms with Crippen LogP contribution in [0.15, 0.2) is 24.3 Å². The van der Waals surface area contributed by atoms with Crippen LogP contribution in [0.1, 0.15) is 42.9 Å². The Morgan fingerprint density at radius 2 is 1.64 bits per heavy atom. The maximum Gasteiger partial charge on any atom is 0.244 e. The Kier molecular flexibility index (Phi) is 9.22. The van der Waals surface area contributed by atoms with E-state index in [0.717, 1.165) is 37.4 Å². The highest BCUT2D eigenvalue weighted by Gasteiger charge is 2.28. The molecule has 2 fully saturated rings. The number of halogens is 2. The van der Waals surface area contributed by atoms with Gasteiger partial charge in [-0.25, -0.2) is 0 Å². The predicted octanol–water partition coefficient (Wildman–Crippen LogP) is 3.17. The molecule has 2 heterocycles. The van der Waals surface area contributed by atoms with Gasteiger partial charge in [-0.05, 0) is 57.2 Å². The molecule has 1 amide bonds. The van der Waals surface area contributed by atoms with Gasteiger partial charge in [0.1, 0.15) is 6.04 Å². The molecule has 1 unspecified atom stereocenters. The fourth-order valence-corrected chi connectivity index (χ4v) is 3.78. The lowest BCUT2D eigenvalue weighted by atomic mass is 9.95. The first-order chi connectivity index (χ1) is 11.1.